The molecular weight excluding hydrogens is 216 g/mol. The molecule has 0 fully saturated rings. The van der Waals surface area contributed by atoms with E-state index in [9.17, 15) is 9.59 Å². The number of rotatable bonds is 8. The molecule has 0 bridgehead atoms. The van der Waals surface area contributed by atoms with Crippen molar-refractivity contribution in [3.63, 3.8) is 0 Å². The predicted octanol–water partition coefficient (Wildman–Crippen LogP) is 3.26. The summed E-state index contributed by atoms with van der Waals surface area (Å²) in [6.07, 6.45) is 5.72. The van der Waals surface area contributed by atoms with Gasteiger partial charge in [-0.15, -0.1) is 13.2 Å². The fraction of sp³-hybridized carbons (Fsp3) is 0.571. The minimum absolute atomic E-state index is 0.266. The normalized spacial score (nSPS) is 13.5. The summed E-state index contributed by atoms with van der Waals surface area (Å²) in [4.78, 5) is 23.4. The Balaban J connectivity index is 4.39. The first-order chi connectivity index (χ1) is 8.10. The van der Waals surface area contributed by atoms with E-state index in [1.54, 1.807) is 12.2 Å². The van der Waals surface area contributed by atoms with Gasteiger partial charge in [0.1, 0.15) is 0 Å². The van der Waals surface area contributed by atoms with E-state index >= 15 is 0 Å². The van der Waals surface area contributed by atoms with Gasteiger partial charge in [0.15, 0.2) is 0 Å². The average molecular weight is 238 g/mol. The topological polar surface area (TPSA) is 43.4 Å². The lowest BCUT2D eigenvalue weighted by Crippen LogP contribution is -2.25. The summed E-state index contributed by atoms with van der Waals surface area (Å²) < 4.78 is 4.89. The highest BCUT2D eigenvalue weighted by Gasteiger charge is 2.24. The van der Waals surface area contributed by atoms with Crippen LogP contribution in [0.5, 0.6) is 0 Å². The highest BCUT2D eigenvalue weighted by molar-refractivity contribution is 5.88. The molecule has 0 aliphatic heterocycles. The average Bonchev–Trinajstić information content (AvgIpc) is 2.32. The molecule has 2 atom stereocenters. The Morgan fingerprint density at radius 3 is 1.59 bits per heavy atom. The molecule has 3 nitrogen and oxygen atoms in total. The summed E-state index contributed by atoms with van der Waals surface area (Å²) in [5.41, 5.74) is 0. The highest BCUT2D eigenvalue weighted by atomic mass is 16.6. The molecule has 0 aliphatic carbocycles. The molecule has 0 aromatic carbocycles. The van der Waals surface area contributed by atoms with Crippen LogP contribution in [0.4, 0.5) is 0 Å². The van der Waals surface area contributed by atoms with E-state index in [4.69, 9.17) is 4.74 Å². The maximum atomic E-state index is 11.7. The van der Waals surface area contributed by atoms with Crippen molar-refractivity contribution in [1.29, 1.82) is 0 Å². The van der Waals surface area contributed by atoms with E-state index in [0.717, 1.165) is 0 Å². The van der Waals surface area contributed by atoms with Crippen LogP contribution in [0.2, 0.25) is 0 Å². The van der Waals surface area contributed by atoms with Crippen molar-refractivity contribution < 1.29 is 14.3 Å². The SMILES string of the molecule is C=CCC(CC)C(=O)OC(=O)C(CC)CC=C. The Morgan fingerprint density at radius 1 is 1.00 bits per heavy atom. The van der Waals surface area contributed by atoms with Gasteiger partial charge < -0.3 is 4.74 Å². The van der Waals surface area contributed by atoms with Crippen molar-refractivity contribution in [2.45, 2.75) is 39.5 Å². The summed E-state index contributed by atoms with van der Waals surface area (Å²) in [5.74, 6) is -1.42. The lowest BCUT2D eigenvalue weighted by atomic mass is 10.0. The zero-order chi connectivity index (χ0) is 13.3. The minimum Gasteiger partial charge on any atom is -0.393 e. The third-order valence-corrected chi connectivity index (χ3v) is 2.76. The monoisotopic (exact) mass is 238 g/mol. The van der Waals surface area contributed by atoms with E-state index in [1.165, 1.54) is 0 Å². The quantitative estimate of drug-likeness (QED) is 0.370. The Hall–Kier alpha value is -1.38. The molecule has 3 heteroatoms. The fourth-order valence-corrected chi connectivity index (χ4v) is 1.53. The van der Waals surface area contributed by atoms with Crippen LogP contribution in [0, 0.1) is 11.8 Å². The Bertz CT molecular complexity index is 253. The molecule has 2 unspecified atom stereocenters. The van der Waals surface area contributed by atoms with Crippen molar-refractivity contribution in [3.05, 3.63) is 25.3 Å². The summed E-state index contributed by atoms with van der Waals surface area (Å²) in [6, 6.07) is 0. The maximum Gasteiger partial charge on any atom is 0.316 e. The predicted molar refractivity (Wildman–Crippen MR) is 68.3 cm³/mol. The molecule has 0 aliphatic rings. The fourth-order valence-electron chi connectivity index (χ4n) is 1.53. The van der Waals surface area contributed by atoms with Crippen LogP contribution in [-0.4, -0.2) is 11.9 Å². The van der Waals surface area contributed by atoms with E-state index in [2.05, 4.69) is 13.2 Å². The van der Waals surface area contributed by atoms with Gasteiger partial charge in [0.25, 0.3) is 0 Å². The standard InChI is InChI=1S/C14H22O3/c1-5-9-11(7-3)13(15)17-14(16)12(8-4)10-6-2/h5-6,11-12H,1-2,7-10H2,3-4H3. The lowest BCUT2D eigenvalue weighted by Gasteiger charge is -2.14. The summed E-state index contributed by atoms with van der Waals surface area (Å²) in [6.45, 7) is 10.9. The third kappa shape index (κ3) is 5.48. The summed E-state index contributed by atoms with van der Waals surface area (Å²) >= 11 is 0. The van der Waals surface area contributed by atoms with E-state index < -0.39 is 11.9 Å². The first-order valence-corrected chi connectivity index (χ1v) is 6.07. The Kier molecular flexibility index (Phi) is 8.03. The van der Waals surface area contributed by atoms with Gasteiger partial charge in [0, 0.05) is 0 Å². The zero-order valence-electron chi connectivity index (χ0n) is 10.8. The first kappa shape index (κ1) is 15.6. The number of carbonyl (C=O) groups is 2. The number of esters is 2. The van der Waals surface area contributed by atoms with Crippen LogP contribution in [0.1, 0.15) is 39.5 Å². The van der Waals surface area contributed by atoms with Crippen LogP contribution in [0.25, 0.3) is 0 Å². The largest absolute Gasteiger partial charge is 0.393 e. The summed E-state index contributed by atoms with van der Waals surface area (Å²) in [5, 5.41) is 0. The molecule has 0 amide bonds. The number of ether oxygens (including phenoxy) is 1. The number of hydrogen-bond donors (Lipinski definition) is 0. The van der Waals surface area contributed by atoms with Crippen molar-refractivity contribution in [2.24, 2.45) is 11.8 Å². The van der Waals surface area contributed by atoms with Crippen LogP contribution < -0.4 is 0 Å². The van der Waals surface area contributed by atoms with Gasteiger partial charge in [-0.3, -0.25) is 9.59 Å². The molecule has 0 saturated carbocycles. The van der Waals surface area contributed by atoms with Crippen molar-refractivity contribution in [1.82, 2.24) is 0 Å². The van der Waals surface area contributed by atoms with Crippen LogP contribution in [0.3, 0.4) is 0 Å². The molecule has 0 spiro atoms. The van der Waals surface area contributed by atoms with Crippen molar-refractivity contribution >= 4 is 11.9 Å². The Morgan fingerprint density at radius 2 is 1.35 bits per heavy atom. The minimum atomic E-state index is -0.445. The number of hydrogen-bond acceptors (Lipinski definition) is 3. The van der Waals surface area contributed by atoms with E-state index in [-0.39, 0.29) is 11.8 Å². The smallest absolute Gasteiger partial charge is 0.316 e. The molecule has 0 aromatic rings. The van der Waals surface area contributed by atoms with Gasteiger partial charge in [-0.05, 0) is 25.7 Å². The Labute approximate surface area is 104 Å². The van der Waals surface area contributed by atoms with E-state index in [1.807, 2.05) is 13.8 Å². The third-order valence-electron chi connectivity index (χ3n) is 2.76. The lowest BCUT2D eigenvalue weighted by molar-refractivity contribution is -0.165. The van der Waals surface area contributed by atoms with Crippen LogP contribution in [0.15, 0.2) is 25.3 Å². The molecular formula is C14H22O3. The molecule has 0 radical (unpaired) electrons. The molecule has 0 rings (SSSR count). The van der Waals surface area contributed by atoms with Crippen LogP contribution >= 0.6 is 0 Å². The van der Waals surface area contributed by atoms with E-state index in [0.29, 0.717) is 25.7 Å². The molecule has 0 heterocycles. The molecule has 0 N–H and O–H groups in total. The van der Waals surface area contributed by atoms with Gasteiger partial charge in [-0.1, -0.05) is 26.0 Å². The van der Waals surface area contributed by atoms with Gasteiger partial charge in [0.05, 0.1) is 11.8 Å². The number of carbonyl (C=O) groups excluding carboxylic acids is 2. The van der Waals surface area contributed by atoms with Gasteiger partial charge >= 0.3 is 11.9 Å². The van der Waals surface area contributed by atoms with Gasteiger partial charge in [-0.2, -0.15) is 0 Å². The number of allylic oxidation sites excluding steroid dienone is 2. The molecule has 0 aromatic heterocycles. The second-order valence-corrected chi connectivity index (χ2v) is 4.00. The van der Waals surface area contributed by atoms with Crippen molar-refractivity contribution in [3.8, 4) is 0 Å². The van der Waals surface area contributed by atoms with Gasteiger partial charge in [0.2, 0.25) is 0 Å². The summed E-state index contributed by atoms with van der Waals surface area (Å²) in [7, 11) is 0. The second-order valence-electron chi connectivity index (χ2n) is 4.00. The molecule has 96 valence electrons. The molecule has 17 heavy (non-hydrogen) atoms. The second kappa shape index (κ2) is 8.74. The first-order valence-electron chi connectivity index (χ1n) is 6.07. The van der Waals surface area contributed by atoms with Gasteiger partial charge in [-0.25, -0.2) is 0 Å². The molecule has 0 saturated heterocycles. The zero-order valence-corrected chi connectivity index (χ0v) is 10.8. The van der Waals surface area contributed by atoms with Crippen LogP contribution in [-0.2, 0) is 14.3 Å². The highest BCUT2D eigenvalue weighted by Crippen LogP contribution is 2.15. The van der Waals surface area contributed by atoms with Crippen molar-refractivity contribution in [2.75, 3.05) is 0 Å². The maximum absolute atomic E-state index is 11.7.